The molecule has 2 aromatic carbocycles. The van der Waals surface area contributed by atoms with Gasteiger partial charge in [0.2, 0.25) is 0 Å². The van der Waals surface area contributed by atoms with Gasteiger partial charge in [0.05, 0.1) is 4.47 Å². The maximum Gasteiger partial charge on any atom is 0.133 e. The van der Waals surface area contributed by atoms with Gasteiger partial charge in [0, 0.05) is 4.47 Å². The highest BCUT2D eigenvalue weighted by atomic mass is 79.9. The Morgan fingerprint density at radius 1 is 1.11 bits per heavy atom. The van der Waals surface area contributed by atoms with Gasteiger partial charge < -0.3 is 9.84 Å². The van der Waals surface area contributed by atoms with Crippen LogP contribution in [0, 0.1) is 0 Å². The Hall–Kier alpha value is -0.840. The van der Waals surface area contributed by atoms with Gasteiger partial charge in [-0.1, -0.05) is 46.3 Å². The van der Waals surface area contributed by atoms with E-state index in [1.807, 2.05) is 48.5 Å². The molecule has 4 heteroatoms. The minimum atomic E-state index is -1.02. The third kappa shape index (κ3) is 3.81. The first-order valence-corrected chi connectivity index (χ1v) is 7.43. The third-order valence-electron chi connectivity index (χ3n) is 2.80. The van der Waals surface area contributed by atoms with Crippen molar-refractivity contribution in [2.24, 2.45) is 0 Å². The predicted octanol–water partition coefficient (Wildman–Crippen LogP) is 4.50. The zero-order valence-electron chi connectivity index (χ0n) is 10.4. The highest BCUT2D eigenvalue weighted by Crippen LogP contribution is 2.30. The lowest BCUT2D eigenvalue weighted by Crippen LogP contribution is -2.29. The SMILES string of the molecule is CC(O)(COc1ccc(Br)cc1Br)c1ccccc1. The Morgan fingerprint density at radius 3 is 2.42 bits per heavy atom. The number of halogens is 2. The maximum atomic E-state index is 10.4. The second-order valence-electron chi connectivity index (χ2n) is 4.50. The van der Waals surface area contributed by atoms with Gasteiger partial charge in [-0.15, -0.1) is 0 Å². The van der Waals surface area contributed by atoms with Crippen LogP contribution in [0.1, 0.15) is 12.5 Å². The van der Waals surface area contributed by atoms with E-state index in [2.05, 4.69) is 31.9 Å². The van der Waals surface area contributed by atoms with Crippen molar-refractivity contribution in [3.63, 3.8) is 0 Å². The van der Waals surface area contributed by atoms with Crippen molar-refractivity contribution in [2.45, 2.75) is 12.5 Å². The fourth-order valence-electron chi connectivity index (χ4n) is 1.69. The molecule has 0 saturated heterocycles. The molecule has 0 saturated carbocycles. The van der Waals surface area contributed by atoms with Crippen molar-refractivity contribution < 1.29 is 9.84 Å². The topological polar surface area (TPSA) is 29.5 Å². The van der Waals surface area contributed by atoms with E-state index < -0.39 is 5.60 Å². The van der Waals surface area contributed by atoms with Gasteiger partial charge in [-0.2, -0.15) is 0 Å². The van der Waals surface area contributed by atoms with Crippen molar-refractivity contribution >= 4 is 31.9 Å². The molecule has 0 heterocycles. The number of ether oxygens (including phenoxy) is 1. The number of benzene rings is 2. The zero-order valence-corrected chi connectivity index (χ0v) is 13.6. The fourth-order valence-corrected chi connectivity index (χ4v) is 2.85. The maximum absolute atomic E-state index is 10.4. The molecular formula is C15H14Br2O2. The van der Waals surface area contributed by atoms with Crippen molar-refractivity contribution in [3.8, 4) is 5.75 Å². The van der Waals surface area contributed by atoms with E-state index in [0.717, 1.165) is 14.5 Å². The quantitative estimate of drug-likeness (QED) is 0.839. The van der Waals surface area contributed by atoms with Crippen LogP contribution < -0.4 is 4.74 Å². The van der Waals surface area contributed by atoms with E-state index in [4.69, 9.17) is 4.74 Å². The van der Waals surface area contributed by atoms with Crippen LogP contribution in [-0.4, -0.2) is 11.7 Å². The second kappa shape index (κ2) is 6.07. The minimum Gasteiger partial charge on any atom is -0.489 e. The molecule has 0 aliphatic rings. The monoisotopic (exact) mass is 384 g/mol. The van der Waals surface area contributed by atoms with Crippen LogP contribution in [-0.2, 0) is 5.60 Å². The first-order chi connectivity index (χ1) is 8.99. The summed E-state index contributed by atoms with van der Waals surface area (Å²) in [7, 11) is 0. The van der Waals surface area contributed by atoms with E-state index in [0.29, 0.717) is 5.75 Å². The van der Waals surface area contributed by atoms with Crippen molar-refractivity contribution in [1.82, 2.24) is 0 Å². The zero-order chi connectivity index (χ0) is 13.9. The molecule has 0 aromatic heterocycles. The van der Waals surface area contributed by atoms with Gasteiger partial charge in [0.25, 0.3) is 0 Å². The van der Waals surface area contributed by atoms with Crippen LogP contribution in [0.5, 0.6) is 5.75 Å². The van der Waals surface area contributed by atoms with Crippen LogP contribution >= 0.6 is 31.9 Å². The van der Waals surface area contributed by atoms with Crippen LogP contribution in [0.3, 0.4) is 0 Å². The molecule has 1 atom stereocenters. The summed E-state index contributed by atoms with van der Waals surface area (Å²) in [6, 6.07) is 15.2. The summed E-state index contributed by atoms with van der Waals surface area (Å²) in [5.74, 6) is 0.708. The molecule has 0 aliphatic carbocycles. The van der Waals surface area contributed by atoms with Crippen LogP contribution in [0.25, 0.3) is 0 Å². The Kier molecular flexibility index (Phi) is 4.66. The lowest BCUT2D eigenvalue weighted by Gasteiger charge is -2.24. The molecule has 1 N–H and O–H groups in total. The standard InChI is InChI=1S/C15H14Br2O2/c1-15(18,11-5-3-2-4-6-11)10-19-14-8-7-12(16)9-13(14)17/h2-9,18H,10H2,1H3. The first kappa shape index (κ1) is 14.6. The molecular weight excluding hydrogens is 372 g/mol. The molecule has 2 rings (SSSR count). The number of rotatable bonds is 4. The van der Waals surface area contributed by atoms with Gasteiger partial charge in [0.15, 0.2) is 0 Å². The number of hydrogen-bond acceptors (Lipinski definition) is 2. The molecule has 100 valence electrons. The van der Waals surface area contributed by atoms with E-state index in [1.54, 1.807) is 6.92 Å². The van der Waals surface area contributed by atoms with Crippen LogP contribution in [0.2, 0.25) is 0 Å². The van der Waals surface area contributed by atoms with E-state index in [-0.39, 0.29) is 6.61 Å². The summed E-state index contributed by atoms with van der Waals surface area (Å²) in [5, 5.41) is 10.4. The molecule has 2 aromatic rings. The van der Waals surface area contributed by atoms with Crippen molar-refractivity contribution in [2.75, 3.05) is 6.61 Å². The van der Waals surface area contributed by atoms with Gasteiger partial charge in [0.1, 0.15) is 18.0 Å². The summed E-state index contributed by atoms with van der Waals surface area (Å²) < 4.78 is 7.52. The average Bonchev–Trinajstić information content (AvgIpc) is 2.39. The smallest absolute Gasteiger partial charge is 0.133 e. The molecule has 0 aliphatic heterocycles. The molecule has 0 radical (unpaired) electrons. The summed E-state index contributed by atoms with van der Waals surface area (Å²) in [6.45, 7) is 1.94. The largest absolute Gasteiger partial charge is 0.489 e. The second-order valence-corrected chi connectivity index (χ2v) is 6.27. The van der Waals surface area contributed by atoms with Crippen LogP contribution in [0.4, 0.5) is 0 Å². The van der Waals surface area contributed by atoms with Crippen molar-refractivity contribution in [1.29, 1.82) is 0 Å². The Balaban J connectivity index is 2.09. The Labute approximate surface area is 129 Å². The molecule has 1 unspecified atom stereocenters. The highest BCUT2D eigenvalue weighted by molar-refractivity contribution is 9.11. The highest BCUT2D eigenvalue weighted by Gasteiger charge is 2.24. The molecule has 2 nitrogen and oxygen atoms in total. The lowest BCUT2D eigenvalue weighted by molar-refractivity contribution is 0.00735. The molecule has 0 spiro atoms. The molecule has 0 bridgehead atoms. The summed E-state index contributed by atoms with van der Waals surface area (Å²) in [6.07, 6.45) is 0. The molecule has 0 amide bonds. The van der Waals surface area contributed by atoms with E-state index in [1.165, 1.54) is 0 Å². The Morgan fingerprint density at radius 2 is 1.79 bits per heavy atom. The van der Waals surface area contributed by atoms with E-state index >= 15 is 0 Å². The molecule has 19 heavy (non-hydrogen) atoms. The first-order valence-electron chi connectivity index (χ1n) is 5.85. The summed E-state index contributed by atoms with van der Waals surface area (Å²) in [5.41, 5.74) is -0.184. The fraction of sp³-hybridized carbons (Fsp3) is 0.200. The predicted molar refractivity (Wildman–Crippen MR) is 83.3 cm³/mol. The number of aliphatic hydroxyl groups is 1. The average molecular weight is 386 g/mol. The third-order valence-corrected chi connectivity index (χ3v) is 3.91. The van der Waals surface area contributed by atoms with Gasteiger partial charge in [-0.25, -0.2) is 0 Å². The van der Waals surface area contributed by atoms with Crippen LogP contribution in [0.15, 0.2) is 57.5 Å². The number of hydrogen-bond donors (Lipinski definition) is 1. The summed E-state index contributed by atoms with van der Waals surface area (Å²) in [4.78, 5) is 0. The summed E-state index contributed by atoms with van der Waals surface area (Å²) >= 11 is 6.82. The normalized spacial score (nSPS) is 13.9. The molecule has 0 fully saturated rings. The lowest BCUT2D eigenvalue weighted by atomic mass is 9.97. The van der Waals surface area contributed by atoms with Crippen molar-refractivity contribution in [3.05, 3.63) is 63.0 Å². The Bertz CT molecular complexity index is 553. The van der Waals surface area contributed by atoms with Gasteiger partial charge in [-0.05, 0) is 46.6 Å². The van der Waals surface area contributed by atoms with E-state index in [9.17, 15) is 5.11 Å². The minimum absolute atomic E-state index is 0.192. The van der Waals surface area contributed by atoms with Gasteiger partial charge in [-0.3, -0.25) is 0 Å². The van der Waals surface area contributed by atoms with Gasteiger partial charge >= 0.3 is 0 Å².